The number of aromatic amines is 1. The van der Waals surface area contributed by atoms with Gasteiger partial charge in [-0.3, -0.25) is 0 Å². The minimum Gasteiger partial charge on any atom is -0.338 e. The van der Waals surface area contributed by atoms with E-state index in [0.29, 0.717) is 0 Å². The molecule has 0 spiro atoms. The lowest BCUT2D eigenvalue weighted by Crippen LogP contribution is -1.77. The third-order valence-electron chi connectivity index (χ3n) is 2.91. The van der Waals surface area contributed by atoms with Gasteiger partial charge in [-0.2, -0.15) is 0 Å². The number of nitrogens with zero attached hydrogens (tertiary/aromatic N) is 1. The van der Waals surface area contributed by atoms with Crippen molar-refractivity contribution >= 4 is 12.2 Å². The number of aromatic nitrogens is 2. The molecule has 2 nitrogen and oxygen atoms in total. The summed E-state index contributed by atoms with van der Waals surface area (Å²) in [5.41, 5.74) is 3.35. The predicted molar refractivity (Wildman–Crippen MR) is 79.4 cm³/mol. The van der Waals surface area contributed by atoms with E-state index >= 15 is 0 Å². The molecule has 0 amide bonds. The van der Waals surface area contributed by atoms with Crippen molar-refractivity contribution in [2.75, 3.05) is 0 Å². The minimum absolute atomic E-state index is 0.864. The highest BCUT2D eigenvalue weighted by atomic mass is 14.9. The first kappa shape index (κ1) is 11.5. The maximum Gasteiger partial charge on any atom is 0.130 e. The molecule has 0 bridgehead atoms. The van der Waals surface area contributed by atoms with E-state index in [1.807, 2.05) is 54.7 Å². The summed E-state index contributed by atoms with van der Waals surface area (Å²) in [5, 5.41) is 0. The molecule has 2 aromatic carbocycles. The lowest BCUT2D eigenvalue weighted by molar-refractivity contribution is 1.27. The number of H-pyrrole nitrogens is 1. The van der Waals surface area contributed by atoms with Crippen LogP contribution in [0.2, 0.25) is 0 Å². The van der Waals surface area contributed by atoms with Crippen molar-refractivity contribution in [3.8, 4) is 11.3 Å². The normalized spacial score (nSPS) is 10.9. The van der Waals surface area contributed by atoms with E-state index in [4.69, 9.17) is 0 Å². The Kier molecular flexibility index (Phi) is 3.24. The molecule has 0 aliphatic carbocycles. The quantitative estimate of drug-likeness (QED) is 0.735. The molecular formula is C17H14N2. The fourth-order valence-corrected chi connectivity index (χ4v) is 1.93. The molecule has 1 N–H and O–H groups in total. The molecule has 1 aromatic heterocycles. The Morgan fingerprint density at radius 2 is 1.47 bits per heavy atom. The smallest absolute Gasteiger partial charge is 0.130 e. The van der Waals surface area contributed by atoms with Gasteiger partial charge in [-0.25, -0.2) is 4.98 Å². The first-order valence-electron chi connectivity index (χ1n) is 6.25. The average molecular weight is 246 g/mol. The van der Waals surface area contributed by atoms with E-state index in [1.165, 1.54) is 5.56 Å². The van der Waals surface area contributed by atoms with Crippen LogP contribution in [-0.2, 0) is 0 Å². The summed E-state index contributed by atoms with van der Waals surface area (Å²) < 4.78 is 0. The maximum atomic E-state index is 4.37. The van der Waals surface area contributed by atoms with Crippen molar-refractivity contribution in [1.82, 2.24) is 9.97 Å². The van der Waals surface area contributed by atoms with Gasteiger partial charge in [0.25, 0.3) is 0 Å². The van der Waals surface area contributed by atoms with Crippen LogP contribution in [0.25, 0.3) is 23.4 Å². The second-order valence-corrected chi connectivity index (χ2v) is 4.29. The van der Waals surface area contributed by atoms with Gasteiger partial charge in [0.2, 0.25) is 0 Å². The number of benzene rings is 2. The minimum atomic E-state index is 0.864. The lowest BCUT2D eigenvalue weighted by Gasteiger charge is -1.94. The van der Waals surface area contributed by atoms with Crippen LogP contribution in [0.1, 0.15) is 11.4 Å². The zero-order valence-electron chi connectivity index (χ0n) is 10.5. The summed E-state index contributed by atoms with van der Waals surface area (Å²) in [4.78, 5) is 7.67. The number of hydrogen-bond acceptors (Lipinski definition) is 1. The van der Waals surface area contributed by atoms with Crippen LogP contribution in [-0.4, -0.2) is 9.97 Å². The van der Waals surface area contributed by atoms with Gasteiger partial charge in [0.05, 0.1) is 11.9 Å². The van der Waals surface area contributed by atoms with Gasteiger partial charge < -0.3 is 4.98 Å². The fourth-order valence-electron chi connectivity index (χ4n) is 1.93. The molecule has 1 heterocycles. The highest BCUT2D eigenvalue weighted by molar-refractivity contribution is 5.68. The Hall–Kier alpha value is -2.61. The van der Waals surface area contributed by atoms with Crippen molar-refractivity contribution in [1.29, 1.82) is 0 Å². The summed E-state index contributed by atoms with van der Waals surface area (Å²) in [6, 6.07) is 20.4. The third-order valence-corrected chi connectivity index (χ3v) is 2.91. The first-order valence-corrected chi connectivity index (χ1v) is 6.25. The second-order valence-electron chi connectivity index (χ2n) is 4.29. The molecule has 0 aliphatic rings. The van der Waals surface area contributed by atoms with Crippen LogP contribution < -0.4 is 0 Å². The third kappa shape index (κ3) is 2.80. The second kappa shape index (κ2) is 5.36. The Morgan fingerprint density at radius 1 is 0.789 bits per heavy atom. The Morgan fingerprint density at radius 3 is 2.21 bits per heavy atom. The van der Waals surface area contributed by atoms with Gasteiger partial charge in [-0.05, 0) is 17.2 Å². The number of rotatable bonds is 3. The van der Waals surface area contributed by atoms with Gasteiger partial charge in [0, 0.05) is 0 Å². The van der Waals surface area contributed by atoms with Crippen LogP contribution in [0.3, 0.4) is 0 Å². The molecule has 3 aromatic rings. The molecule has 0 fully saturated rings. The van der Waals surface area contributed by atoms with Crippen LogP contribution in [0, 0.1) is 0 Å². The standard InChI is InChI=1S/C17H14N2/c1-3-7-14(8-4-1)11-12-17-18-13-16(19-17)15-9-5-2-6-10-15/h1-13H,(H,18,19)/b12-11+. The van der Waals surface area contributed by atoms with Crippen molar-refractivity contribution in [2.45, 2.75) is 0 Å². The van der Waals surface area contributed by atoms with Gasteiger partial charge in [-0.15, -0.1) is 0 Å². The summed E-state index contributed by atoms with van der Waals surface area (Å²) >= 11 is 0. The number of nitrogens with one attached hydrogen (secondary N) is 1. The van der Waals surface area contributed by atoms with E-state index in [0.717, 1.165) is 17.1 Å². The SMILES string of the molecule is C(=C\c1ncc(-c2ccccc2)[nH]1)/c1ccccc1. The lowest BCUT2D eigenvalue weighted by atomic mass is 10.2. The van der Waals surface area contributed by atoms with E-state index in [9.17, 15) is 0 Å². The fraction of sp³-hybridized carbons (Fsp3) is 0. The molecule has 2 heteroatoms. The average Bonchev–Trinajstić information content (AvgIpc) is 2.96. The van der Waals surface area contributed by atoms with E-state index < -0.39 is 0 Å². The van der Waals surface area contributed by atoms with Gasteiger partial charge in [0.1, 0.15) is 5.82 Å². The van der Waals surface area contributed by atoms with Gasteiger partial charge in [-0.1, -0.05) is 66.7 Å². The summed E-state index contributed by atoms with van der Waals surface area (Å²) in [6.07, 6.45) is 5.90. The Balaban J connectivity index is 1.81. The predicted octanol–water partition coefficient (Wildman–Crippen LogP) is 4.25. The summed E-state index contributed by atoms with van der Waals surface area (Å²) in [6.45, 7) is 0. The van der Waals surface area contributed by atoms with Crippen LogP contribution >= 0.6 is 0 Å². The largest absolute Gasteiger partial charge is 0.338 e. The molecule has 0 unspecified atom stereocenters. The highest BCUT2D eigenvalue weighted by Crippen LogP contribution is 2.16. The van der Waals surface area contributed by atoms with Crippen LogP contribution in [0.5, 0.6) is 0 Å². The Labute approximate surface area is 112 Å². The molecule has 0 atom stereocenters. The summed E-state index contributed by atoms with van der Waals surface area (Å²) in [7, 11) is 0. The van der Waals surface area contributed by atoms with Crippen molar-refractivity contribution < 1.29 is 0 Å². The van der Waals surface area contributed by atoms with Crippen LogP contribution in [0.4, 0.5) is 0 Å². The zero-order chi connectivity index (χ0) is 12.9. The first-order chi connectivity index (χ1) is 9.42. The molecule has 19 heavy (non-hydrogen) atoms. The Bertz CT molecular complexity index is 667. The number of hydrogen-bond donors (Lipinski definition) is 1. The molecule has 3 rings (SSSR count). The van der Waals surface area contributed by atoms with Crippen molar-refractivity contribution in [2.24, 2.45) is 0 Å². The van der Waals surface area contributed by atoms with Crippen molar-refractivity contribution in [3.63, 3.8) is 0 Å². The highest BCUT2D eigenvalue weighted by Gasteiger charge is 1.99. The topological polar surface area (TPSA) is 28.7 Å². The molecule has 0 saturated heterocycles. The molecule has 0 aliphatic heterocycles. The summed E-state index contributed by atoms with van der Waals surface area (Å²) in [5.74, 6) is 0.864. The van der Waals surface area contributed by atoms with E-state index in [-0.39, 0.29) is 0 Å². The molecular weight excluding hydrogens is 232 g/mol. The van der Waals surface area contributed by atoms with Gasteiger partial charge >= 0.3 is 0 Å². The molecule has 92 valence electrons. The maximum absolute atomic E-state index is 4.37. The van der Waals surface area contributed by atoms with E-state index in [1.54, 1.807) is 0 Å². The molecule has 0 saturated carbocycles. The number of imidazole rings is 1. The van der Waals surface area contributed by atoms with Gasteiger partial charge in [0.15, 0.2) is 0 Å². The van der Waals surface area contributed by atoms with Crippen LogP contribution in [0.15, 0.2) is 66.9 Å². The van der Waals surface area contributed by atoms with Crippen molar-refractivity contribution in [3.05, 3.63) is 78.2 Å². The monoisotopic (exact) mass is 246 g/mol. The molecule has 0 radical (unpaired) electrons. The zero-order valence-corrected chi connectivity index (χ0v) is 10.5. The van der Waals surface area contributed by atoms with E-state index in [2.05, 4.69) is 34.2 Å².